The normalized spacial score (nSPS) is 27.8. The highest BCUT2D eigenvalue weighted by Crippen LogP contribution is 2.34. The molecule has 0 aliphatic carbocycles. The summed E-state index contributed by atoms with van der Waals surface area (Å²) in [4.78, 5) is 19.7. The quantitative estimate of drug-likeness (QED) is 0.820. The van der Waals surface area contributed by atoms with Crippen molar-refractivity contribution in [2.24, 2.45) is 0 Å². The molecule has 0 N–H and O–H groups in total. The lowest BCUT2D eigenvalue weighted by Gasteiger charge is -2.49. The van der Waals surface area contributed by atoms with Gasteiger partial charge in [0.25, 0.3) is 5.91 Å². The second-order valence-corrected chi connectivity index (χ2v) is 7.18. The zero-order chi connectivity index (χ0) is 17.4. The molecular weight excluding hydrogens is 318 g/mol. The van der Waals surface area contributed by atoms with Gasteiger partial charge in [0, 0.05) is 45.3 Å². The van der Waals surface area contributed by atoms with Crippen LogP contribution in [0.3, 0.4) is 0 Å². The van der Waals surface area contributed by atoms with Gasteiger partial charge in [-0.3, -0.25) is 9.69 Å². The predicted octanol–water partition coefficient (Wildman–Crippen LogP) is 1.06. The molecule has 4 rings (SSSR count). The molecule has 0 saturated carbocycles. The highest BCUT2D eigenvalue weighted by molar-refractivity contribution is 5.83. The molecule has 6 heteroatoms. The van der Waals surface area contributed by atoms with Crippen molar-refractivity contribution in [2.75, 3.05) is 45.8 Å². The monoisotopic (exact) mass is 345 g/mol. The summed E-state index contributed by atoms with van der Waals surface area (Å²) < 4.78 is 11.8. The smallest absolute Gasteiger partial charge is 0.267 e. The van der Waals surface area contributed by atoms with Gasteiger partial charge in [0.05, 0.1) is 0 Å². The minimum Gasteiger partial charge on any atom is -0.482 e. The molecule has 1 aromatic rings. The number of benzene rings is 1. The third-order valence-corrected chi connectivity index (χ3v) is 5.63. The maximum absolute atomic E-state index is 12.8. The highest BCUT2D eigenvalue weighted by Gasteiger charge is 2.42. The Bertz CT molecular complexity index is 624. The van der Waals surface area contributed by atoms with Crippen LogP contribution in [0, 0.1) is 0 Å². The van der Waals surface area contributed by atoms with Crippen molar-refractivity contribution in [3.8, 4) is 11.5 Å². The first kappa shape index (κ1) is 16.7. The van der Waals surface area contributed by atoms with Crippen LogP contribution in [0.15, 0.2) is 24.3 Å². The van der Waals surface area contributed by atoms with Crippen molar-refractivity contribution in [3.05, 3.63) is 24.3 Å². The molecule has 6 nitrogen and oxygen atoms in total. The van der Waals surface area contributed by atoms with E-state index in [1.807, 2.05) is 36.1 Å². The Labute approximate surface area is 149 Å². The van der Waals surface area contributed by atoms with E-state index in [1.165, 1.54) is 0 Å². The van der Waals surface area contributed by atoms with Crippen LogP contribution in [0.1, 0.15) is 13.8 Å². The van der Waals surface area contributed by atoms with Gasteiger partial charge >= 0.3 is 0 Å². The summed E-state index contributed by atoms with van der Waals surface area (Å²) in [5, 5.41) is 0. The van der Waals surface area contributed by atoms with E-state index in [1.54, 1.807) is 0 Å². The Balaban J connectivity index is 1.32. The standard InChI is InChI=1S/C19H27N3O3/c1-3-20-8-10-21(11-9-20)15-12-22(13-15)19(23)18-14(2)24-16-6-4-5-7-17(16)25-18/h4-7,14-15,18H,3,8-13H2,1-2H3. The van der Waals surface area contributed by atoms with Gasteiger partial charge in [-0.25, -0.2) is 0 Å². The lowest BCUT2D eigenvalue weighted by molar-refractivity contribution is -0.152. The number of rotatable bonds is 3. The van der Waals surface area contributed by atoms with Gasteiger partial charge in [-0.15, -0.1) is 0 Å². The fourth-order valence-corrected chi connectivity index (χ4v) is 3.88. The van der Waals surface area contributed by atoms with Crippen molar-refractivity contribution in [1.29, 1.82) is 0 Å². The van der Waals surface area contributed by atoms with Gasteiger partial charge in [-0.05, 0) is 25.6 Å². The molecule has 2 fully saturated rings. The Kier molecular flexibility index (Phi) is 4.56. The number of amides is 1. The summed E-state index contributed by atoms with van der Waals surface area (Å²) in [6.45, 7) is 11.3. The van der Waals surface area contributed by atoms with Crippen LogP contribution in [0.5, 0.6) is 11.5 Å². The second-order valence-electron chi connectivity index (χ2n) is 7.18. The van der Waals surface area contributed by atoms with E-state index >= 15 is 0 Å². The lowest BCUT2D eigenvalue weighted by Crippen LogP contribution is -2.66. The number of likely N-dealkylation sites (N-methyl/N-ethyl adjacent to an activating group) is 1. The maximum Gasteiger partial charge on any atom is 0.267 e. The molecular formula is C19H27N3O3. The fourth-order valence-electron chi connectivity index (χ4n) is 3.88. The zero-order valence-electron chi connectivity index (χ0n) is 15.1. The molecule has 3 heterocycles. The van der Waals surface area contributed by atoms with E-state index in [0.29, 0.717) is 17.5 Å². The topological polar surface area (TPSA) is 45.2 Å². The maximum atomic E-state index is 12.8. The number of hydrogen-bond acceptors (Lipinski definition) is 5. The summed E-state index contributed by atoms with van der Waals surface area (Å²) >= 11 is 0. The molecule has 2 atom stereocenters. The van der Waals surface area contributed by atoms with Crippen molar-refractivity contribution in [3.63, 3.8) is 0 Å². The van der Waals surface area contributed by atoms with Crippen LogP contribution in [0.2, 0.25) is 0 Å². The Morgan fingerprint density at radius 3 is 2.36 bits per heavy atom. The van der Waals surface area contributed by atoms with E-state index in [4.69, 9.17) is 9.47 Å². The van der Waals surface area contributed by atoms with Gasteiger partial charge in [-0.1, -0.05) is 19.1 Å². The average molecular weight is 345 g/mol. The van der Waals surface area contributed by atoms with Crippen LogP contribution in [0.25, 0.3) is 0 Å². The zero-order valence-corrected chi connectivity index (χ0v) is 15.1. The third kappa shape index (κ3) is 3.20. The number of likely N-dealkylation sites (tertiary alicyclic amines) is 1. The van der Waals surface area contributed by atoms with Gasteiger partial charge < -0.3 is 19.3 Å². The van der Waals surface area contributed by atoms with E-state index < -0.39 is 6.10 Å². The van der Waals surface area contributed by atoms with Crippen molar-refractivity contribution < 1.29 is 14.3 Å². The molecule has 136 valence electrons. The van der Waals surface area contributed by atoms with E-state index in [9.17, 15) is 4.79 Å². The van der Waals surface area contributed by atoms with E-state index in [-0.39, 0.29) is 12.0 Å². The molecule has 0 spiro atoms. The lowest BCUT2D eigenvalue weighted by atomic mass is 10.0. The van der Waals surface area contributed by atoms with Gasteiger partial charge in [-0.2, -0.15) is 0 Å². The van der Waals surface area contributed by atoms with Crippen molar-refractivity contribution in [2.45, 2.75) is 32.1 Å². The van der Waals surface area contributed by atoms with Gasteiger partial charge in [0.15, 0.2) is 11.5 Å². The van der Waals surface area contributed by atoms with Crippen LogP contribution in [-0.4, -0.2) is 84.7 Å². The largest absolute Gasteiger partial charge is 0.482 e. The molecule has 3 aliphatic rings. The summed E-state index contributed by atoms with van der Waals surface area (Å²) in [6, 6.07) is 8.04. The first-order valence-corrected chi connectivity index (χ1v) is 9.33. The number of hydrogen-bond donors (Lipinski definition) is 0. The fraction of sp³-hybridized carbons (Fsp3) is 0.632. The van der Waals surface area contributed by atoms with Gasteiger partial charge in [0.2, 0.25) is 6.10 Å². The van der Waals surface area contributed by atoms with Gasteiger partial charge in [0.1, 0.15) is 6.10 Å². The minimum absolute atomic E-state index is 0.0467. The van der Waals surface area contributed by atoms with Crippen LogP contribution in [0.4, 0.5) is 0 Å². The Hall–Kier alpha value is -1.79. The molecule has 1 amide bonds. The number of para-hydroxylation sites is 2. The third-order valence-electron chi connectivity index (χ3n) is 5.63. The molecule has 2 unspecified atom stereocenters. The summed E-state index contributed by atoms with van der Waals surface area (Å²) in [5.74, 6) is 1.42. The predicted molar refractivity (Wildman–Crippen MR) is 95.0 cm³/mol. The minimum atomic E-state index is -0.548. The number of carbonyl (C=O) groups excluding carboxylic acids is 1. The first-order valence-electron chi connectivity index (χ1n) is 9.33. The first-order chi connectivity index (χ1) is 12.2. The number of fused-ring (bicyclic) bond motifs is 1. The number of carbonyl (C=O) groups is 1. The molecule has 0 aromatic heterocycles. The number of piperazine rings is 1. The van der Waals surface area contributed by atoms with Crippen LogP contribution < -0.4 is 9.47 Å². The van der Waals surface area contributed by atoms with Crippen LogP contribution in [-0.2, 0) is 4.79 Å². The Morgan fingerprint density at radius 1 is 1.08 bits per heavy atom. The van der Waals surface area contributed by atoms with E-state index in [0.717, 1.165) is 45.8 Å². The van der Waals surface area contributed by atoms with Crippen molar-refractivity contribution >= 4 is 5.91 Å². The summed E-state index contributed by atoms with van der Waals surface area (Å²) in [5.41, 5.74) is 0. The molecule has 2 saturated heterocycles. The van der Waals surface area contributed by atoms with Crippen molar-refractivity contribution in [1.82, 2.24) is 14.7 Å². The molecule has 1 aromatic carbocycles. The summed E-state index contributed by atoms with van der Waals surface area (Å²) in [7, 11) is 0. The molecule has 0 radical (unpaired) electrons. The molecule has 0 bridgehead atoms. The number of nitrogens with zero attached hydrogens (tertiary/aromatic N) is 3. The number of ether oxygens (including phenoxy) is 2. The Morgan fingerprint density at radius 2 is 1.72 bits per heavy atom. The second kappa shape index (κ2) is 6.84. The highest BCUT2D eigenvalue weighted by atomic mass is 16.6. The van der Waals surface area contributed by atoms with Crippen LogP contribution >= 0.6 is 0 Å². The molecule has 3 aliphatic heterocycles. The SMILES string of the molecule is CCN1CCN(C2CN(C(=O)C3Oc4ccccc4OC3C)C2)CC1. The van der Waals surface area contributed by atoms with E-state index in [2.05, 4.69) is 16.7 Å². The average Bonchev–Trinajstić information content (AvgIpc) is 2.60. The molecule has 25 heavy (non-hydrogen) atoms. The summed E-state index contributed by atoms with van der Waals surface area (Å²) in [6.07, 6.45) is -0.817.